The van der Waals surface area contributed by atoms with Gasteiger partial charge in [0.25, 0.3) is 0 Å². The third kappa shape index (κ3) is 4.18. The number of benzene rings is 1. The number of hydrogen-bond donors (Lipinski definition) is 2. The Labute approximate surface area is 142 Å². The Balaban J connectivity index is 1.75. The van der Waals surface area contributed by atoms with Crippen molar-refractivity contribution < 1.29 is 4.74 Å². The first-order valence-electron chi connectivity index (χ1n) is 8.20. The Bertz CT molecular complexity index is 697. The molecule has 0 radical (unpaired) electrons. The molecule has 3 N–H and O–H groups in total. The van der Waals surface area contributed by atoms with Crippen LogP contribution < -0.4 is 11.1 Å². The molecule has 1 fully saturated rings. The van der Waals surface area contributed by atoms with Crippen molar-refractivity contribution in [2.75, 3.05) is 24.1 Å². The fourth-order valence-electron chi connectivity index (χ4n) is 3.01. The topological polar surface area (TPSA) is 89.2 Å². The van der Waals surface area contributed by atoms with E-state index in [0.29, 0.717) is 18.3 Å². The van der Waals surface area contributed by atoms with E-state index < -0.39 is 0 Å². The summed E-state index contributed by atoms with van der Waals surface area (Å²) in [7, 11) is 0. The standard InChI is InChI=1S/C17H24N6O/c1-11-6-4-5-7-14(11)19-17-21-15(20-16(18)22-17)10-23-8-12(2)24-13(3)9-23/h4-7,12-13H,8-10H2,1-3H3,(H3,18,19,20,21,22)/t12-,13+. The van der Waals surface area contributed by atoms with Crippen molar-refractivity contribution in [3.05, 3.63) is 35.7 Å². The van der Waals surface area contributed by atoms with Gasteiger partial charge in [-0.3, -0.25) is 4.90 Å². The molecule has 1 saturated heterocycles. The number of aromatic nitrogens is 3. The number of rotatable bonds is 4. The number of nitrogens with zero attached hydrogens (tertiary/aromatic N) is 4. The molecule has 1 aromatic carbocycles. The molecule has 3 rings (SSSR count). The molecule has 0 unspecified atom stereocenters. The van der Waals surface area contributed by atoms with Gasteiger partial charge in [0.05, 0.1) is 18.8 Å². The highest BCUT2D eigenvalue weighted by Crippen LogP contribution is 2.18. The molecule has 2 heterocycles. The number of nitrogens with one attached hydrogen (secondary N) is 1. The third-order valence-corrected chi connectivity index (χ3v) is 3.95. The highest BCUT2D eigenvalue weighted by Gasteiger charge is 2.23. The maximum absolute atomic E-state index is 5.87. The predicted molar refractivity (Wildman–Crippen MR) is 94.0 cm³/mol. The minimum atomic E-state index is 0.206. The van der Waals surface area contributed by atoms with E-state index in [2.05, 4.69) is 39.0 Å². The number of hydrogen-bond acceptors (Lipinski definition) is 7. The van der Waals surface area contributed by atoms with Gasteiger partial charge < -0.3 is 15.8 Å². The molecule has 1 aliphatic rings. The van der Waals surface area contributed by atoms with Crippen LogP contribution in [0.5, 0.6) is 0 Å². The van der Waals surface area contributed by atoms with Gasteiger partial charge in [0, 0.05) is 18.8 Å². The van der Waals surface area contributed by atoms with E-state index in [-0.39, 0.29) is 18.2 Å². The zero-order valence-electron chi connectivity index (χ0n) is 14.4. The number of aryl methyl sites for hydroxylation is 1. The highest BCUT2D eigenvalue weighted by molar-refractivity contribution is 5.58. The molecule has 1 aromatic heterocycles. The summed E-state index contributed by atoms with van der Waals surface area (Å²) in [6.07, 6.45) is 0.412. The fraction of sp³-hybridized carbons (Fsp3) is 0.471. The first-order chi connectivity index (χ1) is 11.5. The quantitative estimate of drug-likeness (QED) is 0.888. The average Bonchev–Trinajstić information content (AvgIpc) is 2.48. The van der Waals surface area contributed by atoms with E-state index in [1.54, 1.807) is 0 Å². The summed E-state index contributed by atoms with van der Waals surface area (Å²) < 4.78 is 5.76. The van der Waals surface area contributed by atoms with Crippen molar-refractivity contribution >= 4 is 17.6 Å². The first kappa shape index (κ1) is 16.6. The van der Waals surface area contributed by atoms with Crippen molar-refractivity contribution in [3.8, 4) is 0 Å². The van der Waals surface area contributed by atoms with Gasteiger partial charge in [-0.1, -0.05) is 18.2 Å². The van der Waals surface area contributed by atoms with E-state index in [1.807, 2.05) is 31.2 Å². The Morgan fingerprint density at radius 1 is 1.17 bits per heavy atom. The van der Waals surface area contributed by atoms with Crippen LogP contribution in [0.25, 0.3) is 0 Å². The summed E-state index contributed by atoms with van der Waals surface area (Å²) in [5.74, 6) is 1.37. The second-order valence-electron chi connectivity index (χ2n) is 6.32. The lowest BCUT2D eigenvalue weighted by Crippen LogP contribution is -2.45. The zero-order valence-corrected chi connectivity index (χ0v) is 14.4. The van der Waals surface area contributed by atoms with E-state index in [1.165, 1.54) is 0 Å². The van der Waals surface area contributed by atoms with Crippen molar-refractivity contribution in [1.82, 2.24) is 19.9 Å². The molecular weight excluding hydrogens is 304 g/mol. The number of nitrogens with two attached hydrogens (primary N) is 1. The Hall–Kier alpha value is -2.25. The molecule has 0 aliphatic carbocycles. The van der Waals surface area contributed by atoms with Gasteiger partial charge in [0.15, 0.2) is 0 Å². The number of para-hydroxylation sites is 1. The Morgan fingerprint density at radius 3 is 2.58 bits per heavy atom. The molecular formula is C17H24N6O. The van der Waals surface area contributed by atoms with Crippen molar-refractivity contribution in [3.63, 3.8) is 0 Å². The number of anilines is 3. The van der Waals surface area contributed by atoms with Crippen LogP contribution in [0, 0.1) is 6.92 Å². The van der Waals surface area contributed by atoms with Gasteiger partial charge in [0.2, 0.25) is 11.9 Å². The monoisotopic (exact) mass is 328 g/mol. The normalized spacial score (nSPS) is 21.6. The second kappa shape index (κ2) is 7.11. The molecule has 128 valence electrons. The van der Waals surface area contributed by atoms with Crippen LogP contribution in [-0.4, -0.2) is 45.1 Å². The molecule has 2 aromatic rings. The van der Waals surface area contributed by atoms with Gasteiger partial charge in [-0.25, -0.2) is 0 Å². The molecule has 0 spiro atoms. The SMILES string of the molecule is Cc1ccccc1Nc1nc(N)nc(CN2C[C@@H](C)O[C@@H](C)C2)n1. The summed E-state index contributed by atoms with van der Waals surface area (Å²) >= 11 is 0. The average molecular weight is 328 g/mol. The summed E-state index contributed by atoms with van der Waals surface area (Å²) in [6.45, 7) is 8.54. The molecule has 7 nitrogen and oxygen atoms in total. The number of morpholine rings is 1. The number of ether oxygens (including phenoxy) is 1. The maximum Gasteiger partial charge on any atom is 0.232 e. The lowest BCUT2D eigenvalue weighted by molar-refractivity contribution is -0.0710. The molecule has 1 aliphatic heterocycles. The Morgan fingerprint density at radius 2 is 1.88 bits per heavy atom. The van der Waals surface area contributed by atoms with Crippen LogP contribution in [0.2, 0.25) is 0 Å². The van der Waals surface area contributed by atoms with Crippen LogP contribution in [-0.2, 0) is 11.3 Å². The maximum atomic E-state index is 5.87. The molecule has 0 bridgehead atoms. The van der Waals surface area contributed by atoms with E-state index in [9.17, 15) is 0 Å². The van der Waals surface area contributed by atoms with Crippen molar-refractivity contribution in [2.45, 2.75) is 39.5 Å². The summed E-state index contributed by atoms with van der Waals surface area (Å²) in [6, 6.07) is 7.98. The third-order valence-electron chi connectivity index (χ3n) is 3.95. The van der Waals surface area contributed by atoms with E-state index >= 15 is 0 Å². The zero-order chi connectivity index (χ0) is 17.1. The highest BCUT2D eigenvalue weighted by atomic mass is 16.5. The van der Waals surface area contributed by atoms with Gasteiger partial charge in [-0.05, 0) is 32.4 Å². The minimum Gasteiger partial charge on any atom is -0.373 e. The van der Waals surface area contributed by atoms with Gasteiger partial charge in [0.1, 0.15) is 5.82 Å². The van der Waals surface area contributed by atoms with Gasteiger partial charge in [-0.2, -0.15) is 15.0 Å². The number of nitrogen functional groups attached to an aromatic ring is 1. The molecule has 0 amide bonds. The molecule has 24 heavy (non-hydrogen) atoms. The van der Waals surface area contributed by atoms with Crippen molar-refractivity contribution in [1.29, 1.82) is 0 Å². The fourth-order valence-corrected chi connectivity index (χ4v) is 3.01. The second-order valence-corrected chi connectivity index (χ2v) is 6.32. The predicted octanol–water partition coefficient (Wildman–Crippen LogP) is 2.12. The van der Waals surface area contributed by atoms with Crippen LogP contribution in [0.3, 0.4) is 0 Å². The summed E-state index contributed by atoms with van der Waals surface area (Å²) in [5, 5.41) is 3.22. The minimum absolute atomic E-state index is 0.206. The van der Waals surface area contributed by atoms with Crippen molar-refractivity contribution in [2.24, 2.45) is 0 Å². The van der Waals surface area contributed by atoms with E-state index in [0.717, 1.165) is 24.3 Å². The van der Waals surface area contributed by atoms with Gasteiger partial charge in [-0.15, -0.1) is 0 Å². The van der Waals surface area contributed by atoms with Crippen LogP contribution in [0.15, 0.2) is 24.3 Å². The van der Waals surface area contributed by atoms with Crippen LogP contribution >= 0.6 is 0 Å². The Kier molecular flexibility index (Phi) is 4.92. The summed E-state index contributed by atoms with van der Waals surface area (Å²) in [4.78, 5) is 15.3. The lowest BCUT2D eigenvalue weighted by Gasteiger charge is -2.34. The first-order valence-corrected chi connectivity index (χ1v) is 8.20. The molecule has 0 saturated carbocycles. The largest absolute Gasteiger partial charge is 0.373 e. The molecule has 7 heteroatoms. The van der Waals surface area contributed by atoms with Crippen LogP contribution in [0.1, 0.15) is 25.2 Å². The summed E-state index contributed by atoms with van der Waals surface area (Å²) in [5.41, 5.74) is 7.95. The van der Waals surface area contributed by atoms with Gasteiger partial charge >= 0.3 is 0 Å². The van der Waals surface area contributed by atoms with Crippen LogP contribution in [0.4, 0.5) is 17.6 Å². The smallest absolute Gasteiger partial charge is 0.232 e. The van der Waals surface area contributed by atoms with E-state index in [4.69, 9.17) is 10.5 Å². The lowest BCUT2D eigenvalue weighted by atomic mass is 10.2. The molecule has 2 atom stereocenters.